The SMILES string of the molecule is COc1cc(C(F)(F)F)ccc1[C@@H](CCNCc1cccc(F)c1)[C@H]1CCOC(C)(C)C1. The van der Waals surface area contributed by atoms with Gasteiger partial charge in [-0.3, -0.25) is 0 Å². The van der Waals surface area contributed by atoms with Crippen molar-refractivity contribution in [2.75, 3.05) is 20.3 Å². The molecule has 7 heteroatoms. The number of rotatable bonds is 8. The van der Waals surface area contributed by atoms with Crippen LogP contribution >= 0.6 is 0 Å². The summed E-state index contributed by atoms with van der Waals surface area (Å²) in [5, 5.41) is 3.34. The standard InChI is InChI=1S/C25H31F4NO2/c1-24(2)15-18(10-12-32-24)21(9-11-30-16-17-5-4-6-20(26)13-17)22-8-7-19(25(27,28)29)14-23(22)31-3/h4-8,13-14,18,21,30H,9-12,15-16H2,1-3H3/t18-,21-/m0/s1. The van der Waals surface area contributed by atoms with Crippen LogP contribution < -0.4 is 10.1 Å². The minimum atomic E-state index is -4.42. The van der Waals surface area contributed by atoms with Gasteiger partial charge in [-0.05, 0) is 86.9 Å². The average Bonchev–Trinajstić information content (AvgIpc) is 2.72. The molecule has 3 nitrogen and oxygen atoms in total. The molecule has 1 aliphatic heterocycles. The Labute approximate surface area is 187 Å². The molecule has 0 bridgehead atoms. The lowest BCUT2D eigenvalue weighted by molar-refractivity contribution is -0.137. The average molecular weight is 454 g/mol. The van der Waals surface area contributed by atoms with E-state index in [1.807, 2.05) is 19.9 Å². The first kappa shape index (κ1) is 24.5. The molecule has 2 atom stereocenters. The molecular weight excluding hydrogens is 422 g/mol. The van der Waals surface area contributed by atoms with Crippen molar-refractivity contribution in [3.8, 4) is 5.75 Å². The van der Waals surface area contributed by atoms with Gasteiger partial charge >= 0.3 is 6.18 Å². The molecule has 1 saturated heterocycles. The van der Waals surface area contributed by atoms with E-state index in [1.54, 1.807) is 12.1 Å². The lowest BCUT2D eigenvalue weighted by atomic mass is 9.74. The van der Waals surface area contributed by atoms with Crippen molar-refractivity contribution in [2.24, 2.45) is 5.92 Å². The number of methoxy groups -OCH3 is 1. The van der Waals surface area contributed by atoms with Crippen molar-refractivity contribution in [1.29, 1.82) is 0 Å². The second-order valence-electron chi connectivity index (χ2n) is 9.02. The predicted molar refractivity (Wildman–Crippen MR) is 116 cm³/mol. The number of ether oxygens (including phenoxy) is 2. The highest BCUT2D eigenvalue weighted by atomic mass is 19.4. The Morgan fingerprint density at radius 1 is 1.19 bits per heavy atom. The normalized spacial score (nSPS) is 19.5. The summed E-state index contributed by atoms with van der Waals surface area (Å²) in [7, 11) is 1.41. The van der Waals surface area contributed by atoms with Crippen LogP contribution in [0, 0.1) is 11.7 Å². The molecule has 2 aromatic rings. The Morgan fingerprint density at radius 2 is 1.97 bits per heavy atom. The molecule has 0 unspecified atom stereocenters. The van der Waals surface area contributed by atoms with Crippen LogP contribution in [0.5, 0.6) is 5.75 Å². The van der Waals surface area contributed by atoms with Gasteiger partial charge in [0.1, 0.15) is 11.6 Å². The predicted octanol–water partition coefficient (Wildman–Crippen LogP) is 6.32. The third-order valence-corrected chi connectivity index (χ3v) is 6.11. The molecule has 0 saturated carbocycles. The van der Waals surface area contributed by atoms with Crippen molar-refractivity contribution in [3.63, 3.8) is 0 Å². The fourth-order valence-electron chi connectivity index (χ4n) is 4.60. The van der Waals surface area contributed by atoms with Crippen LogP contribution in [0.2, 0.25) is 0 Å². The molecular formula is C25H31F4NO2. The molecule has 176 valence electrons. The van der Waals surface area contributed by atoms with Crippen molar-refractivity contribution >= 4 is 0 Å². The number of hydrogen-bond acceptors (Lipinski definition) is 3. The van der Waals surface area contributed by atoms with Gasteiger partial charge in [-0.1, -0.05) is 18.2 Å². The Balaban J connectivity index is 1.79. The first-order valence-electron chi connectivity index (χ1n) is 10.9. The highest BCUT2D eigenvalue weighted by Gasteiger charge is 2.36. The van der Waals surface area contributed by atoms with Crippen LogP contribution in [-0.2, 0) is 17.5 Å². The molecule has 0 aliphatic carbocycles. The summed E-state index contributed by atoms with van der Waals surface area (Å²) in [5.74, 6) is 0.246. The first-order valence-corrected chi connectivity index (χ1v) is 10.9. The van der Waals surface area contributed by atoms with E-state index in [-0.39, 0.29) is 29.0 Å². The fourth-order valence-corrected chi connectivity index (χ4v) is 4.60. The highest BCUT2D eigenvalue weighted by molar-refractivity contribution is 5.41. The van der Waals surface area contributed by atoms with Crippen LogP contribution in [0.25, 0.3) is 0 Å². The molecule has 0 aromatic heterocycles. The zero-order valence-corrected chi connectivity index (χ0v) is 18.8. The highest BCUT2D eigenvalue weighted by Crippen LogP contribution is 2.44. The van der Waals surface area contributed by atoms with Crippen molar-refractivity contribution in [2.45, 2.75) is 57.3 Å². The van der Waals surface area contributed by atoms with Crippen LogP contribution in [-0.4, -0.2) is 25.9 Å². The smallest absolute Gasteiger partial charge is 0.416 e. The van der Waals surface area contributed by atoms with E-state index in [0.717, 1.165) is 42.5 Å². The molecule has 1 heterocycles. The van der Waals surface area contributed by atoms with Gasteiger partial charge in [0, 0.05) is 13.2 Å². The van der Waals surface area contributed by atoms with Gasteiger partial charge in [-0.25, -0.2) is 4.39 Å². The van der Waals surface area contributed by atoms with Crippen LogP contribution in [0.3, 0.4) is 0 Å². The number of halogens is 4. The van der Waals surface area contributed by atoms with Gasteiger partial charge in [0.25, 0.3) is 0 Å². The molecule has 1 fully saturated rings. The Kier molecular flexibility index (Phi) is 7.83. The maximum absolute atomic E-state index is 13.4. The topological polar surface area (TPSA) is 30.5 Å². The van der Waals surface area contributed by atoms with E-state index < -0.39 is 11.7 Å². The number of benzene rings is 2. The van der Waals surface area contributed by atoms with Gasteiger partial charge in [-0.15, -0.1) is 0 Å². The summed E-state index contributed by atoms with van der Waals surface area (Å²) < 4.78 is 64.3. The second kappa shape index (κ2) is 10.2. The molecule has 0 spiro atoms. The summed E-state index contributed by atoms with van der Waals surface area (Å²) in [6.07, 6.45) is -2.06. The Morgan fingerprint density at radius 3 is 2.62 bits per heavy atom. The molecule has 32 heavy (non-hydrogen) atoms. The van der Waals surface area contributed by atoms with Gasteiger partial charge in [0.05, 0.1) is 18.3 Å². The van der Waals surface area contributed by atoms with Gasteiger partial charge < -0.3 is 14.8 Å². The minimum Gasteiger partial charge on any atom is -0.496 e. The van der Waals surface area contributed by atoms with E-state index >= 15 is 0 Å². The van der Waals surface area contributed by atoms with E-state index in [1.165, 1.54) is 19.2 Å². The summed E-state index contributed by atoms with van der Waals surface area (Å²) >= 11 is 0. The molecule has 1 N–H and O–H groups in total. The van der Waals surface area contributed by atoms with E-state index in [9.17, 15) is 17.6 Å². The van der Waals surface area contributed by atoms with Crippen LogP contribution in [0.4, 0.5) is 17.6 Å². The molecule has 0 amide bonds. The van der Waals surface area contributed by atoms with Crippen LogP contribution in [0.1, 0.15) is 55.7 Å². The summed E-state index contributed by atoms with van der Waals surface area (Å²) in [6, 6.07) is 10.2. The maximum atomic E-state index is 13.4. The van der Waals surface area contributed by atoms with Crippen molar-refractivity contribution in [3.05, 3.63) is 65.0 Å². The number of alkyl halides is 3. The lowest BCUT2D eigenvalue weighted by Crippen LogP contribution is -2.37. The molecule has 2 aromatic carbocycles. The van der Waals surface area contributed by atoms with E-state index in [0.29, 0.717) is 19.7 Å². The second-order valence-corrected chi connectivity index (χ2v) is 9.02. The quantitative estimate of drug-likeness (QED) is 0.375. The summed E-state index contributed by atoms with van der Waals surface area (Å²) in [4.78, 5) is 0. The van der Waals surface area contributed by atoms with Crippen molar-refractivity contribution < 1.29 is 27.0 Å². The molecule has 3 rings (SSSR count). The first-order chi connectivity index (χ1) is 15.1. The third kappa shape index (κ3) is 6.45. The number of nitrogens with one attached hydrogen (secondary N) is 1. The minimum absolute atomic E-state index is 0.00965. The Hall–Kier alpha value is -2.12. The zero-order chi connectivity index (χ0) is 23.4. The third-order valence-electron chi connectivity index (χ3n) is 6.11. The van der Waals surface area contributed by atoms with Gasteiger partial charge in [-0.2, -0.15) is 13.2 Å². The molecule has 0 radical (unpaired) electrons. The zero-order valence-electron chi connectivity index (χ0n) is 18.8. The lowest BCUT2D eigenvalue weighted by Gasteiger charge is -2.40. The van der Waals surface area contributed by atoms with E-state index in [4.69, 9.17) is 9.47 Å². The van der Waals surface area contributed by atoms with Crippen molar-refractivity contribution in [1.82, 2.24) is 5.32 Å². The maximum Gasteiger partial charge on any atom is 0.416 e. The summed E-state index contributed by atoms with van der Waals surface area (Å²) in [5.41, 5.74) is 0.639. The van der Waals surface area contributed by atoms with E-state index in [2.05, 4.69) is 5.32 Å². The summed E-state index contributed by atoms with van der Waals surface area (Å²) in [6.45, 7) is 5.87. The van der Waals surface area contributed by atoms with Gasteiger partial charge in [0.2, 0.25) is 0 Å². The molecule has 1 aliphatic rings. The largest absolute Gasteiger partial charge is 0.496 e. The van der Waals surface area contributed by atoms with Crippen LogP contribution in [0.15, 0.2) is 42.5 Å². The number of hydrogen-bond donors (Lipinski definition) is 1. The monoisotopic (exact) mass is 453 g/mol. The Bertz CT molecular complexity index is 898. The fraction of sp³-hybridized carbons (Fsp3) is 0.520. The van der Waals surface area contributed by atoms with Gasteiger partial charge in [0.15, 0.2) is 0 Å².